The molecule has 77 heavy (non-hydrogen) atoms. The van der Waals surface area contributed by atoms with Gasteiger partial charge in [0.1, 0.15) is 19.3 Å². The number of nitrogens with zero attached hydrogens (tertiary/aromatic N) is 1. The molecule has 450 valence electrons. The monoisotopic (exact) mass is 1100 g/mol. The summed E-state index contributed by atoms with van der Waals surface area (Å²) in [6, 6.07) is -0.894. The maximum Gasteiger partial charge on any atom is 0.306 e. The van der Waals surface area contributed by atoms with E-state index in [0.29, 0.717) is 17.4 Å². The maximum atomic E-state index is 13.6. The Kier molecular flexibility index (Phi) is 55.3. The van der Waals surface area contributed by atoms with E-state index in [4.69, 9.17) is 13.8 Å². The highest BCUT2D eigenvalue weighted by Gasteiger charge is 2.27. The first kappa shape index (κ1) is 74.7. The fraction of sp³-hybridized carbons (Fsp3) is 0.821. The Morgan fingerprint density at radius 1 is 0.455 bits per heavy atom. The third-order valence-electron chi connectivity index (χ3n) is 14.4. The van der Waals surface area contributed by atoms with E-state index >= 15 is 0 Å². The van der Waals surface area contributed by atoms with Gasteiger partial charge in [0.2, 0.25) is 5.91 Å². The molecule has 0 aliphatic rings. The summed E-state index contributed by atoms with van der Waals surface area (Å²) in [6.45, 7) is 6.81. The highest BCUT2D eigenvalue weighted by atomic mass is 31.2. The molecule has 0 fully saturated rings. The maximum absolute atomic E-state index is 13.6. The highest BCUT2D eigenvalue weighted by molar-refractivity contribution is 7.45. The minimum atomic E-state index is -4.70. The second-order valence-electron chi connectivity index (χ2n) is 23.3. The Hall–Kier alpha value is -2.29. The molecule has 0 saturated heterocycles. The zero-order chi connectivity index (χ0) is 56.4. The topological polar surface area (TPSA) is 114 Å². The van der Waals surface area contributed by atoms with E-state index in [-0.39, 0.29) is 24.9 Å². The fourth-order valence-corrected chi connectivity index (χ4v) is 10.1. The summed E-state index contributed by atoms with van der Waals surface area (Å²) >= 11 is 0. The SMILES string of the molecule is CCCCC/C=C\C/C=C\CCCCCCCCCCCCCC(=O)NC(COP(=O)([O-])OCC[N+](C)(C)C)C(/C=C\CCCCCCCCCCCCC)OC(=O)CCCCCCCCC/C=C\C/C=C\CCCCC. The Morgan fingerprint density at radius 2 is 0.792 bits per heavy atom. The van der Waals surface area contributed by atoms with E-state index < -0.39 is 26.6 Å². The Balaban J connectivity index is 5.23. The number of allylic oxidation sites excluding steroid dienone is 9. The molecule has 1 amide bonds. The summed E-state index contributed by atoms with van der Waals surface area (Å²) in [5, 5.41) is 3.04. The van der Waals surface area contributed by atoms with Crippen molar-refractivity contribution in [2.45, 2.75) is 315 Å². The van der Waals surface area contributed by atoms with Gasteiger partial charge in [0, 0.05) is 12.8 Å². The van der Waals surface area contributed by atoms with Crippen molar-refractivity contribution < 1.29 is 37.3 Å². The van der Waals surface area contributed by atoms with Crippen molar-refractivity contribution in [1.82, 2.24) is 5.32 Å². The zero-order valence-corrected chi connectivity index (χ0v) is 52.3. The van der Waals surface area contributed by atoms with Crippen LogP contribution < -0.4 is 10.2 Å². The number of nitrogens with one attached hydrogen (secondary N) is 1. The van der Waals surface area contributed by atoms with E-state index in [9.17, 15) is 19.0 Å². The average Bonchev–Trinajstić information content (AvgIpc) is 3.39. The summed E-state index contributed by atoms with van der Waals surface area (Å²) in [4.78, 5) is 40.1. The number of ether oxygens (including phenoxy) is 1. The number of amides is 1. The lowest BCUT2D eigenvalue weighted by Crippen LogP contribution is -2.47. The van der Waals surface area contributed by atoms with Crippen molar-refractivity contribution in [2.24, 2.45) is 0 Å². The van der Waals surface area contributed by atoms with Crippen molar-refractivity contribution in [3.63, 3.8) is 0 Å². The molecular weight excluding hydrogens is 976 g/mol. The smallest absolute Gasteiger partial charge is 0.306 e. The van der Waals surface area contributed by atoms with Crippen LogP contribution in [0.4, 0.5) is 0 Å². The highest BCUT2D eigenvalue weighted by Crippen LogP contribution is 2.38. The molecule has 0 aromatic carbocycles. The Labute approximate surface area is 477 Å². The molecule has 3 atom stereocenters. The second kappa shape index (κ2) is 57.0. The fourth-order valence-electron chi connectivity index (χ4n) is 9.35. The quantitative estimate of drug-likeness (QED) is 0.0212. The lowest BCUT2D eigenvalue weighted by Gasteiger charge is -2.30. The normalized spacial score (nSPS) is 14.0. The summed E-state index contributed by atoms with van der Waals surface area (Å²) in [6.07, 6.45) is 71.8. The van der Waals surface area contributed by atoms with E-state index in [1.54, 1.807) is 0 Å². The zero-order valence-electron chi connectivity index (χ0n) is 51.4. The van der Waals surface area contributed by atoms with E-state index in [2.05, 4.69) is 74.7 Å². The molecule has 0 rings (SSSR count). The third-order valence-corrected chi connectivity index (χ3v) is 15.4. The summed E-state index contributed by atoms with van der Waals surface area (Å²) < 4.78 is 30.4. The molecule has 0 radical (unpaired) electrons. The van der Waals surface area contributed by atoms with Gasteiger partial charge in [0.25, 0.3) is 7.82 Å². The van der Waals surface area contributed by atoms with Crippen LogP contribution in [-0.2, 0) is 27.9 Å². The van der Waals surface area contributed by atoms with Crippen LogP contribution in [0, 0.1) is 0 Å². The minimum absolute atomic E-state index is 0.0246. The van der Waals surface area contributed by atoms with E-state index in [1.165, 1.54) is 186 Å². The Morgan fingerprint density at radius 3 is 1.19 bits per heavy atom. The Bertz CT molecular complexity index is 1500. The van der Waals surface area contributed by atoms with E-state index in [0.717, 1.165) is 83.5 Å². The van der Waals surface area contributed by atoms with Crippen LogP contribution in [-0.4, -0.2) is 69.4 Å². The van der Waals surface area contributed by atoms with Crippen LogP contribution in [0.2, 0.25) is 0 Å². The van der Waals surface area contributed by atoms with Gasteiger partial charge in [-0.15, -0.1) is 0 Å². The van der Waals surface area contributed by atoms with Crippen molar-refractivity contribution >= 4 is 19.7 Å². The first-order valence-electron chi connectivity index (χ1n) is 32.6. The number of carbonyl (C=O) groups is 2. The van der Waals surface area contributed by atoms with Gasteiger partial charge in [-0.25, -0.2) is 0 Å². The van der Waals surface area contributed by atoms with Crippen LogP contribution in [0.15, 0.2) is 60.8 Å². The number of quaternary nitrogens is 1. The van der Waals surface area contributed by atoms with Gasteiger partial charge < -0.3 is 28.5 Å². The van der Waals surface area contributed by atoms with Gasteiger partial charge in [-0.3, -0.25) is 14.2 Å². The molecule has 0 saturated carbocycles. The molecule has 9 nitrogen and oxygen atoms in total. The van der Waals surface area contributed by atoms with Crippen LogP contribution in [0.5, 0.6) is 0 Å². The first-order chi connectivity index (χ1) is 37.4. The molecular formula is C67H125N2O7P. The molecule has 3 unspecified atom stereocenters. The van der Waals surface area contributed by atoms with Gasteiger partial charge in [0.05, 0.1) is 33.8 Å². The molecule has 10 heteroatoms. The molecule has 0 aromatic heterocycles. The molecule has 0 aromatic rings. The number of hydrogen-bond acceptors (Lipinski definition) is 7. The lowest BCUT2D eigenvalue weighted by molar-refractivity contribution is -0.870. The number of carbonyl (C=O) groups excluding carboxylic acids is 2. The van der Waals surface area contributed by atoms with Gasteiger partial charge in [0.15, 0.2) is 0 Å². The summed E-state index contributed by atoms with van der Waals surface area (Å²) in [7, 11) is 1.18. The number of likely N-dealkylation sites (N-methyl/N-ethyl adjacent to an activating group) is 1. The first-order valence-corrected chi connectivity index (χ1v) is 34.1. The van der Waals surface area contributed by atoms with Gasteiger partial charge in [-0.2, -0.15) is 0 Å². The number of rotatable bonds is 59. The van der Waals surface area contributed by atoms with Gasteiger partial charge in [-0.05, 0) is 96.0 Å². The van der Waals surface area contributed by atoms with Crippen molar-refractivity contribution in [1.29, 1.82) is 0 Å². The number of esters is 1. The van der Waals surface area contributed by atoms with Crippen LogP contribution in [0.3, 0.4) is 0 Å². The molecule has 0 aliphatic heterocycles. The molecule has 0 bridgehead atoms. The van der Waals surface area contributed by atoms with Crippen LogP contribution in [0.25, 0.3) is 0 Å². The standard InChI is InChI=1S/C67H125N2O7P/c1-7-10-13-16-19-22-25-28-30-32-33-34-35-37-38-41-44-47-50-53-56-59-66(70)68-64(63-75-77(72,73)74-62-61-69(4,5)6)65(58-55-52-49-46-43-40-27-24-21-18-15-12-9-3)76-67(71)60-57-54-51-48-45-42-39-36-31-29-26-23-20-17-14-11-8-2/h19-20,22-23,28-31,55,58,64-65H,7-18,21,24-27,32-54,56-57,59-63H2,1-6H3,(H-,68,70,72,73)/b22-19-,23-20-,30-28-,31-29-,58-55-. The predicted molar refractivity (Wildman–Crippen MR) is 330 cm³/mol. The molecule has 1 N–H and O–H groups in total. The molecule has 0 aliphatic carbocycles. The number of phosphoric acid groups is 1. The van der Waals surface area contributed by atoms with Gasteiger partial charge in [-0.1, -0.05) is 255 Å². The predicted octanol–water partition coefficient (Wildman–Crippen LogP) is 19.6. The molecule has 0 heterocycles. The average molecular weight is 1100 g/mol. The largest absolute Gasteiger partial charge is 0.756 e. The lowest BCUT2D eigenvalue weighted by atomic mass is 10.0. The minimum Gasteiger partial charge on any atom is -0.756 e. The summed E-state index contributed by atoms with van der Waals surface area (Å²) in [5.41, 5.74) is 0. The molecule has 0 spiro atoms. The summed E-state index contributed by atoms with van der Waals surface area (Å²) in [5.74, 6) is -0.544. The van der Waals surface area contributed by atoms with Crippen molar-refractivity contribution in [3.8, 4) is 0 Å². The third kappa shape index (κ3) is 58.2. The number of hydrogen-bond donors (Lipinski definition) is 1. The van der Waals surface area contributed by atoms with Crippen molar-refractivity contribution in [2.75, 3.05) is 40.9 Å². The van der Waals surface area contributed by atoms with Crippen LogP contribution >= 0.6 is 7.82 Å². The van der Waals surface area contributed by atoms with Crippen molar-refractivity contribution in [3.05, 3.63) is 60.8 Å². The second-order valence-corrected chi connectivity index (χ2v) is 24.7. The van der Waals surface area contributed by atoms with E-state index in [1.807, 2.05) is 33.3 Å². The van der Waals surface area contributed by atoms with Crippen LogP contribution in [0.1, 0.15) is 303 Å². The number of phosphoric ester groups is 1. The number of unbranched alkanes of at least 4 members (excludes halogenated alkanes) is 35. The van der Waals surface area contributed by atoms with Gasteiger partial charge >= 0.3 is 5.97 Å².